The van der Waals surface area contributed by atoms with E-state index < -0.39 is 0 Å². The lowest BCUT2D eigenvalue weighted by Crippen LogP contribution is -2.26. The smallest absolute Gasteiger partial charge is 0.0627 e. The van der Waals surface area contributed by atoms with Gasteiger partial charge in [0.15, 0.2) is 0 Å². The van der Waals surface area contributed by atoms with E-state index in [9.17, 15) is 0 Å². The minimum absolute atomic E-state index is 0.873. The second kappa shape index (κ2) is 3.33. The molecule has 0 atom stereocenters. The molecule has 0 radical (unpaired) electrons. The summed E-state index contributed by atoms with van der Waals surface area (Å²) in [5.41, 5.74) is 1.19. The number of aryl methyl sites for hydroxylation is 1. The van der Waals surface area contributed by atoms with Gasteiger partial charge in [-0.3, -0.25) is 4.98 Å². The molecule has 11 heavy (non-hydrogen) atoms. The van der Waals surface area contributed by atoms with Crippen LogP contribution in [0.25, 0.3) is 12.7 Å². The van der Waals surface area contributed by atoms with Gasteiger partial charge in [-0.05, 0) is 30.2 Å². The molecule has 58 valence electrons. The van der Waals surface area contributed by atoms with E-state index in [0.717, 1.165) is 17.0 Å². The van der Waals surface area contributed by atoms with E-state index in [1.165, 1.54) is 5.56 Å². The second-order valence-corrected chi connectivity index (χ2v) is 2.66. The van der Waals surface area contributed by atoms with Gasteiger partial charge in [-0.15, -0.1) is 0 Å². The van der Waals surface area contributed by atoms with Crippen LogP contribution in [-0.4, -0.2) is 4.98 Å². The van der Waals surface area contributed by atoms with Crippen molar-refractivity contribution in [2.24, 2.45) is 0 Å². The van der Waals surface area contributed by atoms with Crippen LogP contribution in [0.15, 0.2) is 12.3 Å². The van der Waals surface area contributed by atoms with Crippen LogP contribution in [-0.2, 0) is 0 Å². The zero-order valence-corrected chi connectivity index (χ0v) is 7.09. The fraction of sp³-hybridized carbons (Fsp3) is 0.300. The first kappa shape index (κ1) is 7.99. The monoisotopic (exact) mass is 147 g/mol. The molecule has 0 aliphatic carbocycles. The molecule has 1 aromatic heterocycles. The van der Waals surface area contributed by atoms with Gasteiger partial charge in [0.2, 0.25) is 0 Å². The van der Waals surface area contributed by atoms with Gasteiger partial charge in [0.05, 0.1) is 5.35 Å². The highest BCUT2D eigenvalue weighted by Gasteiger charge is 1.84. The van der Waals surface area contributed by atoms with E-state index in [4.69, 9.17) is 0 Å². The lowest BCUT2D eigenvalue weighted by molar-refractivity contribution is 1.17. The van der Waals surface area contributed by atoms with Crippen molar-refractivity contribution in [3.05, 3.63) is 28.4 Å². The van der Waals surface area contributed by atoms with E-state index in [0.29, 0.717) is 0 Å². The van der Waals surface area contributed by atoms with Gasteiger partial charge in [0.25, 0.3) is 0 Å². The SMILES string of the molecule is C=c1ncc(C)c/c1=C/CC. The molecule has 0 bridgehead atoms. The Morgan fingerprint density at radius 1 is 1.64 bits per heavy atom. The molecule has 0 aliphatic rings. The summed E-state index contributed by atoms with van der Waals surface area (Å²) >= 11 is 0. The van der Waals surface area contributed by atoms with Gasteiger partial charge >= 0.3 is 0 Å². The van der Waals surface area contributed by atoms with Gasteiger partial charge in [0.1, 0.15) is 0 Å². The highest BCUT2D eigenvalue weighted by Crippen LogP contribution is 1.83. The van der Waals surface area contributed by atoms with Crippen LogP contribution >= 0.6 is 0 Å². The van der Waals surface area contributed by atoms with Gasteiger partial charge < -0.3 is 0 Å². The average Bonchev–Trinajstić information content (AvgIpc) is 1.98. The van der Waals surface area contributed by atoms with Crippen LogP contribution in [0.1, 0.15) is 18.9 Å². The van der Waals surface area contributed by atoms with Crippen LogP contribution in [0.3, 0.4) is 0 Å². The van der Waals surface area contributed by atoms with Gasteiger partial charge in [-0.1, -0.05) is 19.6 Å². The Bertz CT molecular complexity index is 338. The first-order valence-corrected chi connectivity index (χ1v) is 3.86. The van der Waals surface area contributed by atoms with E-state index in [2.05, 4.69) is 30.6 Å². The molecule has 0 amide bonds. The van der Waals surface area contributed by atoms with E-state index in [1.54, 1.807) is 0 Å². The molecule has 0 saturated heterocycles. The molecule has 0 unspecified atom stereocenters. The molecule has 1 heteroatoms. The van der Waals surface area contributed by atoms with E-state index in [1.807, 2.05) is 13.1 Å². The molecule has 0 aromatic carbocycles. The molecule has 0 spiro atoms. The largest absolute Gasteiger partial charge is 0.257 e. The molecule has 0 aliphatic heterocycles. The minimum Gasteiger partial charge on any atom is -0.257 e. The summed E-state index contributed by atoms with van der Waals surface area (Å²) in [7, 11) is 0. The van der Waals surface area contributed by atoms with E-state index >= 15 is 0 Å². The lowest BCUT2D eigenvalue weighted by Gasteiger charge is -1.90. The molecule has 1 aromatic rings. The van der Waals surface area contributed by atoms with Crippen LogP contribution in [0.4, 0.5) is 0 Å². The third-order valence-electron chi connectivity index (χ3n) is 1.56. The van der Waals surface area contributed by atoms with Crippen LogP contribution in [0, 0.1) is 6.92 Å². The maximum Gasteiger partial charge on any atom is 0.0627 e. The Balaban J connectivity index is 3.36. The zero-order valence-electron chi connectivity index (χ0n) is 7.09. The number of hydrogen-bond donors (Lipinski definition) is 0. The number of pyridine rings is 1. The number of nitrogens with zero attached hydrogens (tertiary/aromatic N) is 1. The van der Waals surface area contributed by atoms with Gasteiger partial charge in [-0.2, -0.15) is 0 Å². The predicted molar refractivity (Wildman–Crippen MR) is 48.5 cm³/mol. The standard InChI is InChI=1S/C10H13N/c1-4-5-10-6-8(2)7-11-9(10)3/h5-7H,3-4H2,1-2H3/b10-5-. The van der Waals surface area contributed by atoms with Crippen molar-refractivity contribution in [2.45, 2.75) is 20.3 Å². The molecule has 1 heterocycles. The number of hydrogen-bond acceptors (Lipinski definition) is 1. The van der Waals surface area contributed by atoms with E-state index in [-0.39, 0.29) is 0 Å². The third kappa shape index (κ3) is 1.90. The fourth-order valence-electron chi connectivity index (χ4n) is 1.02. The first-order valence-electron chi connectivity index (χ1n) is 3.86. The summed E-state index contributed by atoms with van der Waals surface area (Å²) in [5, 5.41) is 2.03. The first-order chi connectivity index (χ1) is 5.24. The Hall–Kier alpha value is -1.11. The zero-order chi connectivity index (χ0) is 8.27. The van der Waals surface area contributed by atoms with Crippen LogP contribution in [0.5, 0.6) is 0 Å². The Morgan fingerprint density at radius 3 is 3.00 bits per heavy atom. The Morgan fingerprint density at radius 2 is 2.36 bits per heavy atom. The molecule has 0 N–H and O–H groups in total. The Labute approximate surface area is 67.1 Å². The lowest BCUT2D eigenvalue weighted by atomic mass is 10.2. The molecule has 1 rings (SSSR count). The van der Waals surface area contributed by atoms with Crippen molar-refractivity contribution in [3.8, 4) is 0 Å². The molecule has 1 nitrogen and oxygen atoms in total. The molecular formula is C10H13N. The van der Waals surface area contributed by atoms with Crippen LogP contribution < -0.4 is 10.6 Å². The molecular weight excluding hydrogens is 134 g/mol. The van der Waals surface area contributed by atoms with Crippen molar-refractivity contribution >= 4 is 12.7 Å². The topological polar surface area (TPSA) is 12.9 Å². The summed E-state index contributed by atoms with van der Waals surface area (Å²) in [5.74, 6) is 0. The van der Waals surface area contributed by atoms with Crippen LogP contribution in [0.2, 0.25) is 0 Å². The van der Waals surface area contributed by atoms with Gasteiger partial charge in [-0.25, -0.2) is 0 Å². The summed E-state index contributed by atoms with van der Waals surface area (Å²) in [6, 6.07) is 2.11. The van der Waals surface area contributed by atoms with Crippen molar-refractivity contribution in [1.82, 2.24) is 4.98 Å². The molecule has 0 saturated carbocycles. The minimum atomic E-state index is 0.873. The highest BCUT2D eigenvalue weighted by molar-refractivity contribution is 5.25. The highest BCUT2D eigenvalue weighted by atomic mass is 14.6. The number of rotatable bonds is 1. The molecule has 0 fully saturated rings. The second-order valence-electron chi connectivity index (χ2n) is 2.66. The summed E-state index contributed by atoms with van der Waals surface area (Å²) < 4.78 is 0. The van der Waals surface area contributed by atoms with Crippen molar-refractivity contribution in [1.29, 1.82) is 0 Å². The summed E-state index contributed by atoms with van der Waals surface area (Å²) in [4.78, 5) is 4.15. The average molecular weight is 147 g/mol. The van der Waals surface area contributed by atoms with Crippen molar-refractivity contribution in [3.63, 3.8) is 0 Å². The fourth-order valence-corrected chi connectivity index (χ4v) is 1.02. The predicted octanol–water partition coefficient (Wildman–Crippen LogP) is 0.991. The summed E-state index contributed by atoms with van der Waals surface area (Å²) in [6.45, 7) is 7.99. The van der Waals surface area contributed by atoms with Gasteiger partial charge in [0, 0.05) is 6.20 Å². The quantitative estimate of drug-likeness (QED) is 0.577. The maximum atomic E-state index is 4.15. The maximum absolute atomic E-state index is 4.15. The Kier molecular flexibility index (Phi) is 2.42. The normalized spacial score (nSPS) is 12.0. The van der Waals surface area contributed by atoms with Crippen molar-refractivity contribution < 1.29 is 0 Å². The van der Waals surface area contributed by atoms with Crippen molar-refractivity contribution in [2.75, 3.05) is 0 Å². The summed E-state index contributed by atoms with van der Waals surface area (Å²) in [6.07, 6.45) is 5.02. The number of aromatic nitrogens is 1. The third-order valence-corrected chi connectivity index (χ3v) is 1.56.